The van der Waals surface area contributed by atoms with Crippen LogP contribution in [0.3, 0.4) is 0 Å². The van der Waals surface area contributed by atoms with E-state index in [0.29, 0.717) is 0 Å². The van der Waals surface area contributed by atoms with E-state index in [4.69, 9.17) is 11.6 Å². The number of rotatable bonds is 8. The van der Waals surface area contributed by atoms with E-state index < -0.39 is 0 Å². The lowest BCUT2D eigenvalue weighted by Gasteiger charge is -2.07. The minimum Gasteiger partial charge on any atom is -0.144 e. The summed E-state index contributed by atoms with van der Waals surface area (Å²) in [6.07, 6.45) is 8.69. The molecule has 0 saturated heterocycles. The van der Waals surface area contributed by atoms with Crippen LogP contribution in [-0.2, 0) is 0 Å². The maximum Gasteiger partial charge on any atom is 0.0406 e. The van der Waals surface area contributed by atoms with Crippen LogP contribution in [-0.4, -0.2) is 0 Å². The molecule has 3 heteroatoms. The summed E-state index contributed by atoms with van der Waals surface area (Å²) in [6.45, 7) is 2.25. The molecule has 21 heavy (non-hydrogen) atoms. The third-order valence-electron chi connectivity index (χ3n) is 3.19. The van der Waals surface area contributed by atoms with Crippen LogP contribution in [0.2, 0.25) is 5.02 Å². The molecule has 0 atom stereocenters. The van der Waals surface area contributed by atoms with Gasteiger partial charge in [-0.3, -0.25) is 0 Å². The Kier molecular flexibility index (Phi) is 7.42. The second-order valence-corrected chi connectivity index (χ2v) is 7.61. The van der Waals surface area contributed by atoms with E-state index in [-0.39, 0.29) is 0 Å². The van der Waals surface area contributed by atoms with Crippen molar-refractivity contribution in [3.63, 3.8) is 0 Å². The number of thiophene rings is 1. The summed E-state index contributed by atoms with van der Waals surface area (Å²) in [5.74, 6) is 0. The van der Waals surface area contributed by atoms with Crippen LogP contribution in [0, 0.1) is 0 Å². The van der Waals surface area contributed by atoms with E-state index in [0.717, 1.165) is 11.4 Å². The quantitative estimate of drug-likeness (QED) is 0.355. The molecule has 0 radical (unpaired) electrons. The minimum atomic E-state index is 0.797. The topological polar surface area (TPSA) is 0 Å². The Bertz CT molecular complexity index is 541. The fourth-order valence-corrected chi connectivity index (χ4v) is 3.95. The number of thioether (sulfide) groups is 1. The first-order chi connectivity index (χ1) is 10.3. The van der Waals surface area contributed by atoms with E-state index in [1.807, 2.05) is 23.9 Å². The van der Waals surface area contributed by atoms with E-state index in [1.165, 1.54) is 40.4 Å². The second kappa shape index (κ2) is 9.34. The van der Waals surface area contributed by atoms with Gasteiger partial charge in [-0.1, -0.05) is 55.6 Å². The summed E-state index contributed by atoms with van der Waals surface area (Å²) in [5, 5.41) is 2.93. The molecule has 0 saturated carbocycles. The monoisotopic (exact) mass is 336 g/mol. The molecule has 112 valence electrons. The Balaban J connectivity index is 2.02. The number of hydrogen-bond acceptors (Lipinski definition) is 2. The van der Waals surface area contributed by atoms with Crippen molar-refractivity contribution in [2.75, 3.05) is 0 Å². The van der Waals surface area contributed by atoms with Gasteiger partial charge in [0, 0.05) is 14.8 Å². The smallest absolute Gasteiger partial charge is 0.0406 e. The number of benzene rings is 1. The van der Waals surface area contributed by atoms with Crippen LogP contribution in [0.4, 0.5) is 0 Å². The standard InChI is InChI=1S/C18H21ClS2/c1-2-3-4-5-7-18(14-17-8-6-13-20-17)21-16-11-9-15(19)10-12-16/h6,8-14H,2-5,7H2,1H3/b18-14-. The van der Waals surface area contributed by atoms with Crippen molar-refractivity contribution in [2.24, 2.45) is 0 Å². The summed E-state index contributed by atoms with van der Waals surface area (Å²) < 4.78 is 0. The predicted molar refractivity (Wildman–Crippen MR) is 98.4 cm³/mol. The number of allylic oxidation sites excluding steroid dienone is 1. The highest BCUT2D eigenvalue weighted by atomic mass is 35.5. The van der Waals surface area contributed by atoms with E-state index in [2.05, 4.69) is 42.6 Å². The lowest BCUT2D eigenvalue weighted by Crippen LogP contribution is -1.82. The van der Waals surface area contributed by atoms with Crippen molar-refractivity contribution in [3.8, 4) is 0 Å². The number of unbranched alkanes of at least 4 members (excludes halogenated alkanes) is 3. The zero-order chi connectivity index (χ0) is 14.9. The van der Waals surface area contributed by atoms with Crippen molar-refractivity contribution in [2.45, 2.75) is 43.9 Å². The highest BCUT2D eigenvalue weighted by molar-refractivity contribution is 8.03. The third-order valence-corrected chi connectivity index (χ3v) is 5.35. The molecular formula is C18H21ClS2. The molecule has 1 aromatic carbocycles. The normalized spacial score (nSPS) is 11.8. The summed E-state index contributed by atoms with van der Waals surface area (Å²) in [6, 6.07) is 12.4. The fourth-order valence-electron chi connectivity index (χ4n) is 2.06. The highest BCUT2D eigenvalue weighted by Crippen LogP contribution is 2.33. The van der Waals surface area contributed by atoms with Gasteiger partial charge in [0.25, 0.3) is 0 Å². The summed E-state index contributed by atoms with van der Waals surface area (Å²) in [4.78, 5) is 4.04. The van der Waals surface area contributed by atoms with Gasteiger partial charge in [0.2, 0.25) is 0 Å². The van der Waals surface area contributed by atoms with Gasteiger partial charge in [-0.15, -0.1) is 11.3 Å². The molecule has 1 heterocycles. The molecule has 0 fully saturated rings. The maximum absolute atomic E-state index is 5.96. The molecule has 0 aliphatic heterocycles. The van der Waals surface area contributed by atoms with Gasteiger partial charge in [-0.2, -0.15) is 0 Å². The zero-order valence-corrected chi connectivity index (χ0v) is 14.7. The molecule has 0 amide bonds. The van der Waals surface area contributed by atoms with Crippen molar-refractivity contribution >= 4 is 40.8 Å². The molecule has 1 aromatic heterocycles. The predicted octanol–water partition coefficient (Wildman–Crippen LogP) is 7.51. The average molecular weight is 337 g/mol. The fraction of sp³-hybridized carbons (Fsp3) is 0.333. The van der Waals surface area contributed by atoms with Gasteiger partial charge in [0.05, 0.1) is 0 Å². The van der Waals surface area contributed by atoms with Crippen molar-refractivity contribution in [3.05, 3.63) is 56.6 Å². The van der Waals surface area contributed by atoms with Gasteiger partial charge in [0.15, 0.2) is 0 Å². The van der Waals surface area contributed by atoms with Gasteiger partial charge in [-0.25, -0.2) is 0 Å². The average Bonchev–Trinajstić information content (AvgIpc) is 2.99. The van der Waals surface area contributed by atoms with Crippen LogP contribution in [0.25, 0.3) is 6.08 Å². The van der Waals surface area contributed by atoms with E-state index in [9.17, 15) is 0 Å². The first-order valence-corrected chi connectivity index (χ1v) is 9.53. The summed E-state index contributed by atoms with van der Waals surface area (Å²) in [5.41, 5.74) is 0. The van der Waals surface area contributed by atoms with Crippen molar-refractivity contribution in [1.82, 2.24) is 0 Å². The van der Waals surface area contributed by atoms with Crippen LogP contribution >= 0.6 is 34.7 Å². The molecule has 0 unspecified atom stereocenters. The minimum absolute atomic E-state index is 0.797. The van der Waals surface area contributed by atoms with Crippen LogP contribution in [0.1, 0.15) is 43.9 Å². The molecule has 0 aliphatic rings. The second-order valence-electron chi connectivity index (χ2n) is 4.99. The summed E-state index contributed by atoms with van der Waals surface area (Å²) in [7, 11) is 0. The first kappa shape index (κ1) is 16.7. The number of halogens is 1. The Labute approximate surface area is 141 Å². The van der Waals surface area contributed by atoms with E-state index >= 15 is 0 Å². The van der Waals surface area contributed by atoms with E-state index in [1.54, 1.807) is 11.3 Å². The molecule has 2 aromatic rings. The Hall–Kier alpha value is -0.700. The van der Waals surface area contributed by atoms with Gasteiger partial charge >= 0.3 is 0 Å². The Morgan fingerprint density at radius 3 is 2.62 bits per heavy atom. The molecule has 0 nitrogen and oxygen atoms in total. The molecule has 0 N–H and O–H groups in total. The lowest BCUT2D eigenvalue weighted by atomic mass is 10.1. The van der Waals surface area contributed by atoms with Gasteiger partial charge in [0.1, 0.15) is 0 Å². The SMILES string of the molecule is CCCCCC/C(=C/c1cccs1)Sc1ccc(Cl)cc1. The van der Waals surface area contributed by atoms with Gasteiger partial charge < -0.3 is 0 Å². The highest BCUT2D eigenvalue weighted by Gasteiger charge is 2.03. The van der Waals surface area contributed by atoms with Crippen molar-refractivity contribution in [1.29, 1.82) is 0 Å². The van der Waals surface area contributed by atoms with Crippen molar-refractivity contribution < 1.29 is 0 Å². The first-order valence-electron chi connectivity index (χ1n) is 7.45. The maximum atomic E-state index is 5.96. The van der Waals surface area contributed by atoms with Crippen LogP contribution < -0.4 is 0 Å². The third kappa shape index (κ3) is 6.29. The van der Waals surface area contributed by atoms with Gasteiger partial charge in [-0.05, 0) is 59.5 Å². The molecule has 2 rings (SSSR count). The van der Waals surface area contributed by atoms with Crippen LogP contribution in [0.15, 0.2) is 51.6 Å². The summed E-state index contributed by atoms with van der Waals surface area (Å²) >= 11 is 9.62. The largest absolute Gasteiger partial charge is 0.144 e. The molecular weight excluding hydrogens is 316 g/mol. The lowest BCUT2D eigenvalue weighted by molar-refractivity contribution is 0.673. The number of hydrogen-bond donors (Lipinski definition) is 0. The zero-order valence-electron chi connectivity index (χ0n) is 12.3. The van der Waals surface area contributed by atoms with Crippen LogP contribution in [0.5, 0.6) is 0 Å². The Morgan fingerprint density at radius 1 is 1.14 bits per heavy atom. The Morgan fingerprint density at radius 2 is 1.95 bits per heavy atom. The molecule has 0 aliphatic carbocycles. The molecule has 0 spiro atoms. The molecule has 0 bridgehead atoms.